The van der Waals surface area contributed by atoms with Crippen LogP contribution in [0.5, 0.6) is 0 Å². The summed E-state index contributed by atoms with van der Waals surface area (Å²) in [6.45, 7) is 1.12. The number of primary amides is 1. The van der Waals surface area contributed by atoms with Gasteiger partial charge in [0.25, 0.3) is 5.91 Å². The number of carboxylic acid groups (broad SMARTS) is 1. The van der Waals surface area contributed by atoms with Crippen LogP contribution in [0.15, 0.2) is 53.1 Å². The van der Waals surface area contributed by atoms with Crippen LogP contribution >= 0.6 is 0 Å². The van der Waals surface area contributed by atoms with Crippen molar-refractivity contribution >= 4 is 46.0 Å². The zero-order valence-corrected chi connectivity index (χ0v) is 20.2. The van der Waals surface area contributed by atoms with E-state index in [0.717, 1.165) is 31.2 Å². The van der Waals surface area contributed by atoms with Crippen LogP contribution in [0, 0.1) is 11.3 Å². The van der Waals surface area contributed by atoms with E-state index in [-0.39, 0.29) is 39.0 Å². The normalized spacial score (nSPS) is 11.1. The highest BCUT2D eigenvalue weighted by atomic mass is 19.4. The Hall–Kier alpha value is -5.71. The second-order valence-electron chi connectivity index (χ2n) is 8.36. The molecule has 11 nitrogen and oxygen atoms in total. The highest BCUT2D eigenvalue weighted by Gasteiger charge is 2.35. The van der Waals surface area contributed by atoms with Gasteiger partial charge >= 0.3 is 12.1 Å². The van der Waals surface area contributed by atoms with Gasteiger partial charge in [0.15, 0.2) is 11.3 Å². The van der Waals surface area contributed by atoms with E-state index in [1.165, 1.54) is 18.2 Å². The Bertz CT molecular complexity index is 1770. The van der Waals surface area contributed by atoms with Crippen LogP contribution in [0.4, 0.5) is 24.5 Å². The van der Waals surface area contributed by atoms with Crippen LogP contribution in [0.1, 0.15) is 49.3 Å². The number of nitrogens with two attached hydrogens (primary N) is 1. The molecule has 0 spiro atoms. The first kappa shape index (κ1) is 27.3. The third-order valence-electron chi connectivity index (χ3n) is 5.65. The molecule has 202 valence electrons. The van der Waals surface area contributed by atoms with Crippen molar-refractivity contribution < 1.29 is 42.0 Å². The van der Waals surface area contributed by atoms with Crippen molar-refractivity contribution in [1.82, 2.24) is 5.16 Å². The van der Waals surface area contributed by atoms with Crippen LogP contribution < -0.4 is 16.4 Å². The van der Waals surface area contributed by atoms with E-state index in [0.29, 0.717) is 6.07 Å². The van der Waals surface area contributed by atoms with Crippen molar-refractivity contribution in [2.24, 2.45) is 5.73 Å². The standard InChI is InChI=1S/C26H16F3N5O6/c1-11(35)32-13-3-4-14(19(7-13)26(27,28)29)15-8-18-21(9-16(15)23(31)36)40-34-22(18)24(37)33-20-5-2-12(10-30)6-17(20)25(38)39/h2-9H,1H3,(H2,31,36)(H,32,35)(H,33,37)(H,38,39). The molecule has 0 bridgehead atoms. The number of hydrogen-bond donors (Lipinski definition) is 4. The molecule has 40 heavy (non-hydrogen) atoms. The van der Waals surface area contributed by atoms with Crippen molar-refractivity contribution in [3.63, 3.8) is 0 Å². The number of carboxylic acids is 1. The number of alkyl halides is 3. The number of hydrogen-bond acceptors (Lipinski definition) is 7. The number of carbonyl (C=O) groups is 4. The fraction of sp³-hybridized carbons (Fsp3) is 0.0769. The maximum Gasteiger partial charge on any atom is 0.417 e. The zero-order valence-electron chi connectivity index (χ0n) is 20.2. The number of nitrogens with one attached hydrogen (secondary N) is 2. The molecule has 0 saturated heterocycles. The second kappa shape index (κ2) is 10.2. The number of benzene rings is 3. The molecule has 4 rings (SSSR count). The summed E-state index contributed by atoms with van der Waals surface area (Å²) in [5.74, 6) is -4.12. The van der Waals surface area contributed by atoms with Gasteiger partial charge < -0.3 is 26.0 Å². The van der Waals surface area contributed by atoms with Crippen LogP contribution in [0.3, 0.4) is 0 Å². The number of nitrogens with zero attached hydrogens (tertiary/aromatic N) is 2. The molecule has 0 fully saturated rings. The lowest BCUT2D eigenvalue weighted by Crippen LogP contribution is -2.16. The molecule has 5 N–H and O–H groups in total. The number of rotatable bonds is 6. The summed E-state index contributed by atoms with van der Waals surface area (Å²) >= 11 is 0. The van der Waals surface area contributed by atoms with E-state index in [1.54, 1.807) is 6.07 Å². The van der Waals surface area contributed by atoms with Gasteiger partial charge in [-0.1, -0.05) is 11.2 Å². The van der Waals surface area contributed by atoms with Crippen LogP contribution in [0.2, 0.25) is 0 Å². The van der Waals surface area contributed by atoms with Crippen LogP contribution in [0.25, 0.3) is 22.1 Å². The van der Waals surface area contributed by atoms with E-state index in [9.17, 15) is 37.5 Å². The summed E-state index contributed by atoms with van der Waals surface area (Å²) in [6.07, 6.45) is -4.93. The molecular formula is C26H16F3N5O6. The highest BCUT2D eigenvalue weighted by Crippen LogP contribution is 2.41. The predicted octanol–water partition coefficient (Wildman–Crippen LogP) is 4.39. The van der Waals surface area contributed by atoms with Crippen molar-refractivity contribution in [2.75, 3.05) is 10.6 Å². The minimum absolute atomic E-state index is 0.0240. The monoisotopic (exact) mass is 551 g/mol. The summed E-state index contributed by atoms with van der Waals surface area (Å²) in [5.41, 5.74) is 1.78. The number of anilines is 2. The summed E-state index contributed by atoms with van der Waals surface area (Å²) in [7, 11) is 0. The largest absolute Gasteiger partial charge is 0.478 e. The van der Waals surface area contributed by atoms with Gasteiger partial charge in [0, 0.05) is 12.6 Å². The molecule has 4 aromatic rings. The number of nitriles is 1. The van der Waals surface area contributed by atoms with E-state index in [1.807, 2.05) is 0 Å². The molecule has 0 aliphatic heterocycles. The topological polar surface area (TPSA) is 188 Å². The van der Waals surface area contributed by atoms with Crippen LogP contribution in [-0.2, 0) is 11.0 Å². The summed E-state index contributed by atoms with van der Waals surface area (Å²) in [5, 5.41) is 26.6. The molecule has 3 amide bonds. The predicted molar refractivity (Wildman–Crippen MR) is 133 cm³/mol. The van der Waals surface area contributed by atoms with Crippen molar-refractivity contribution in [1.29, 1.82) is 5.26 Å². The summed E-state index contributed by atoms with van der Waals surface area (Å²) in [4.78, 5) is 48.2. The maximum absolute atomic E-state index is 14.1. The molecule has 0 saturated carbocycles. The van der Waals surface area contributed by atoms with Gasteiger partial charge in [0.1, 0.15) is 0 Å². The minimum Gasteiger partial charge on any atom is -0.478 e. The third kappa shape index (κ3) is 5.29. The molecule has 0 aliphatic rings. The molecule has 1 aromatic heterocycles. The van der Waals surface area contributed by atoms with Gasteiger partial charge in [0.05, 0.1) is 39.4 Å². The first-order chi connectivity index (χ1) is 18.8. The zero-order chi connectivity index (χ0) is 29.4. The van der Waals surface area contributed by atoms with Crippen molar-refractivity contribution in [3.8, 4) is 17.2 Å². The van der Waals surface area contributed by atoms with Gasteiger partial charge in [-0.05, 0) is 53.6 Å². The van der Waals surface area contributed by atoms with Gasteiger partial charge in [-0.2, -0.15) is 18.4 Å². The number of halogens is 3. The van der Waals surface area contributed by atoms with Crippen molar-refractivity contribution in [2.45, 2.75) is 13.1 Å². The second-order valence-corrected chi connectivity index (χ2v) is 8.36. The van der Waals surface area contributed by atoms with E-state index in [2.05, 4.69) is 15.8 Å². The SMILES string of the molecule is CC(=O)Nc1ccc(-c2cc3c(C(=O)Nc4ccc(C#N)cc4C(=O)O)noc3cc2C(N)=O)c(C(F)(F)F)c1. The average Bonchev–Trinajstić information content (AvgIpc) is 3.30. The Kier molecular flexibility index (Phi) is 6.98. The fourth-order valence-corrected chi connectivity index (χ4v) is 3.95. The Morgan fingerprint density at radius 2 is 1.73 bits per heavy atom. The van der Waals surface area contributed by atoms with Crippen LogP contribution in [-0.4, -0.2) is 34.0 Å². The molecule has 1 heterocycles. The molecule has 0 radical (unpaired) electrons. The molecule has 14 heteroatoms. The van der Waals surface area contributed by atoms with E-state index >= 15 is 0 Å². The number of amides is 3. The van der Waals surface area contributed by atoms with E-state index < -0.39 is 52.3 Å². The fourth-order valence-electron chi connectivity index (χ4n) is 3.95. The maximum atomic E-state index is 14.1. The summed E-state index contributed by atoms with van der Waals surface area (Å²) < 4.78 is 47.3. The molecular weight excluding hydrogens is 535 g/mol. The van der Waals surface area contributed by atoms with Gasteiger partial charge in [-0.3, -0.25) is 14.4 Å². The van der Waals surface area contributed by atoms with Gasteiger partial charge in [-0.25, -0.2) is 4.79 Å². The molecule has 0 unspecified atom stereocenters. The first-order valence-electron chi connectivity index (χ1n) is 11.1. The molecule has 3 aromatic carbocycles. The molecule has 0 aliphatic carbocycles. The Labute approximate surface area is 222 Å². The number of fused-ring (bicyclic) bond motifs is 1. The van der Waals surface area contributed by atoms with Gasteiger partial charge in [0.2, 0.25) is 11.8 Å². The minimum atomic E-state index is -4.93. The average molecular weight is 551 g/mol. The Morgan fingerprint density at radius 3 is 2.33 bits per heavy atom. The van der Waals surface area contributed by atoms with E-state index in [4.69, 9.17) is 15.5 Å². The lowest BCUT2D eigenvalue weighted by molar-refractivity contribution is -0.137. The summed E-state index contributed by atoms with van der Waals surface area (Å²) in [6, 6.07) is 10.3. The highest BCUT2D eigenvalue weighted by molar-refractivity contribution is 6.14. The third-order valence-corrected chi connectivity index (χ3v) is 5.65. The smallest absolute Gasteiger partial charge is 0.417 e. The first-order valence-corrected chi connectivity index (χ1v) is 11.1. The Balaban J connectivity index is 1.87. The van der Waals surface area contributed by atoms with Crippen molar-refractivity contribution in [3.05, 3.63) is 76.5 Å². The Morgan fingerprint density at radius 1 is 1.00 bits per heavy atom. The number of aromatic carboxylic acids is 1. The lowest BCUT2D eigenvalue weighted by Gasteiger charge is -2.17. The lowest BCUT2D eigenvalue weighted by atomic mass is 9.92. The number of carbonyl (C=O) groups excluding carboxylic acids is 3. The molecule has 0 atom stereocenters. The van der Waals surface area contributed by atoms with Gasteiger partial charge in [-0.15, -0.1) is 0 Å². The number of aromatic nitrogens is 1. The quantitative estimate of drug-likeness (QED) is 0.271.